The van der Waals surface area contributed by atoms with Gasteiger partial charge in [-0.15, -0.1) is 11.3 Å². The predicted octanol–water partition coefficient (Wildman–Crippen LogP) is 5.57. The third-order valence-electron chi connectivity index (χ3n) is 2.80. The van der Waals surface area contributed by atoms with E-state index in [0.717, 1.165) is 10.9 Å². The summed E-state index contributed by atoms with van der Waals surface area (Å²) in [5, 5.41) is 0.536. The zero-order valence-corrected chi connectivity index (χ0v) is 11.0. The first-order valence-corrected chi connectivity index (χ1v) is 6.59. The summed E-state index contributed by atoms with van der Waals surface area (Å²) in [6.07, 6.45) is -4.37. The molecule has 0 radical (unpaired) electrons. The molecule has 0 aliphatic heterocycles. The van der Waals surface area contributed by atoms with Crippen molar-refractivity contribution in [3.05, 3.63) is 46.3 Å². The highest BCUT2D eigenvalue weighted by atomic mass is 35.5. The number of fused-ring (bicyclic) bond motifs is 1. The second-order valence-electron chi connectivity index (χ2n) is 4.05. The summed E-state index contributed by atoms with van der Waals surface area (Å²) >= 11 is 7.16. The number of H-pyrrole nitrogens is 1. The minimum absolute atomic E-state index is 0.106. The van der Waals surface area contributed by atoms with Gasteiger partial charge >= 0.3 is 6.18 Å². The minimum Gasteiger partial charge on any atom is -0.353 e. The number of rotatable bonds is 1. The summed E-state index contributed by atoms with van der Waals surface area (Å²) in [5.41, 5.74) is 0.0945. The molecule has 0 spiro atoms. The van der Waals surface area contributed by atoms with E-state index in [1.807, 2.05) is 0 Å². The summed E-state index contributed by atoms with van der Waals surface area (Å²) in [6.45, 7) is 0. The molecular formula is C13H7ClF3NS. The molecule has 0 aliphatic carbocycles. The second-order valence-corrected chi connectivity index (χ2v) is 5.77. The van der Waals surface area contributed by atoms with Gasteiger partial charge in [0.25, 0.3) is 0 Å². The molecule has 3 rings (SSSR count). The van der Waals surface area contributed by atoms with Gasteiger partial charge in [0.1, 0.15) is 0 Å². The summed E-state index contributed by atoms with van der Waals surface area (Å²) in [5.74, 6) is 0. The van der Waals surface area contributed by atoms with Crippen LogP contribution in [0.4, 0.5) is 13.2 Å². The van der Waals surface area contributed by atoms with Gasteiger partial charge in [0.15, 0.2) is 0 Å². The smallest absolute Gasteiger partial charge is 0.353 e. The number of aromatic amines is 1. The molecule has 0 fully saturated rings. The maximum Gasteiger partial charge on any atom is 0.418 e. The van der Waals surface area contributed by atoms with E-state index in [2.05, 4.69) is 4.98 Å². The van der Waals surface area contributed by atoms with Gasteiger partial charge in [0.2, 0.25) is 0 Å². The molecule has 19 heavy (non-hydrogen) atoms. The van der Waals surface area contributed by atoms with E-state index in [1.165, 1.54) is 17.4 Å². The Bertz CT molecular complexity index is 742. The molecule has 0 amide bonds. The van der Waals surface area contributed by atoms with Crippen LogP contribution in [0.5, 0.6) is 0 Å². The molecule has 98 valence electrons. The molecule has 1 N–H and O–H groups in total. The molecule has 0 saturated carbocycles. The summed E-state index contributed by atoms with van der Waals surface area (Å²) in [6, 6.07) is 9.34. The summed E-state index contributed by atoms with van der Waals surface area (Å²) in [4.78, 5) is 3.65. The normalized spacial score (nSPS) is 12.2. The van der Waals surface area contributed by atoms with Gasteiger partial charge in [0, 0.05) is 5.39 Å². The third-order valence-corrected chi connectivity index (χ3v) is 4.06. The zero-order chi connectivity index (χ0) is 13.6. The Morgan fingerprint density at radius 3 is 2.53 bits per heavy atom. The molecule has 6 heteroatoms. The van der Waals surface area contributed by atoms with E-state index in [0.29, 0.717) is 15.4 Å². The van der Waals surface area contributed by atoms with E-state index >= 15 is 0 Å². The highest BCUT2D eigenvalue weighted by Crippen LogP contribution is 2.37. The number of aromatic nitrogens is 1. The fourth-order valence-electron chi connectivity index (χ4n) is 1.98. The maximum absolute atomic E-state index is 12.9. The van der Waals surface area contributed by atoms with Crippen molar-refractivity contribution < 1.29 is 13.2 Å². The molecule has 0 unspecified atom stereocenters. The Morgan fingerprint density at radius 2 is 1.89 bits per heavy atom. The van der Waals surface area contributed by atoms with Crippen molar-refractivity contribution in [2.45, 2.75) is 6.18 Å². The number of nitrogens with one attached hydrogen (secondary N) is 1. The number of thiophene rings is 1. The SMILES string of the molecule is FC(F)(F)c1cccc2cc(-c3ccc(Cl)s3)[nH]c12. The van der Waals surface area contributed by atoms with Crippen LogP contribution < -0.4 is 0 Å². The van der Waals surface area contributed by atoms with Crippen LogP contribution in [-0.4, -0.2) is 4.98 Å². The Kier molecular flexibility index (Phi) is 2.83. The fourth-order valence-corrected chi connectivity index (χ4v) is 3.00. The molecule has 0 aliphatic rings. The number of hydrogen-bond acceptors (Lipinski definition) is 1. The average Bonchev–Trinajstić information content (AvgIpc) is 2.92. The first-order chi connectivity index (χ1) is 8.95. The van der Waals surface area contributed by atoms with Crippen molar-refractivity contribution in [3.63, 3.8) is 0 Å². The van der Waals surface area contributed by atoms with Crippen LogP contribution in [0.3, 0.4) is 0 Å². The second kappa shape index (κ2) is 4.28. The highest BCUT2D eigenvalue weighted by Gasteiger charge is 2.33. The lowest BCUT2D eigenvalue weighted by atomic mass is 10.1. The number of alkyl halides is 3. The predicted molar refractivity (Wildman–Crippen MR) is 71.6 cm³/mol. The third kappa shape index (κ3) is 2.24. The fraction of sp³-hybridized carbons (Fsp3) is 0.0769. The zero-order valence-electron chi connectivity index (χ0n) is 9.38. The molecular weight excluding hydrogens is 295 g/mol. The van der Waals surface area contributed by atoms with E-state index in [4.69, 9.17) is 11.6 Å². The number of hydrogen-bond donors (Lipinski definition) is 1. The van der Waals surface area contributed by atoms with Crippen molar-refractivity contribution >= 4 is 33.8 Å². The molecule has 2 aromatic heterocycles. The topological polar surface area (TPSA) is 15.8 Å². The molecule has 2 heterocycles. The van der Waals surface area contributed by atoms with Gasteiger partial charge in [-0.1, -0.05) is 23.7 Å². The molecule has 0 atom stereocenters. The Hall–Kier alpha value is -1.46. The highest BCUT2D eigenvalue weighted by molar-refractivity contribution is 7.19. The standard InChI is InChI=1S/C13H7ClF3NS/c14-11-5-4-10(19-11)9-6-7-2-1-3-8(12(7)18-9)13(15,16)17/h1-6,18H. The van der Waals surface area contributed by atoms with Crippen molar-refractivity contribution in [3.8, 4) is 10.6 Å². The van der Waals surface area contributed by atoms with Gasteiger partial charge in [-0.2, -0.15) is 13.2 Å². The van der Waals surface area contributed by atoms with E-state index in [1.54, 1.807) is 24.3 Å². The lowest BCUT2D eigenvalue weighted by Gasteiger charge is -2.07. The van der Waals surface area contributed by atoms with Crippen LogP contribution in [0.2, 0.25) is 4.34 Å². The van der Waals surface area contributed by atoms with Gasteiger partial charge in [-0.25, -0.2) is 0 Å². The van der Waals surface area contributed by atoms with E-state index in [9.17, 15) is 13.2 Å². The molecule has 0 bridgehead atoms. The molecule has 1 aromatic carbocycles. The monoisotopic (exact) mass is 301 g/mol. The Balaban J connectivity index is 2.21. The lowest BCUT2D eigenvalue weighted by Crippen LogP contribution is -2.05. The summed E-state index contributed by atoms with van der Waals surface area (Å²) in [7, 11) is 0. The van der Waals surface area contributed by atoms with Gasteiger partial charge in [0.05, 0.1) is 26.0 Å². The Morgan fingerprint density at radius 1 is 1.11 bits per heavy atom. The first kappa shape index (κ1) is 12.6. The summed E-state index contributed by atoms with van der Waals surface area (Å²) < 4.78 is 39.3. The average molecular weight is 302 g/mol. The van der Waals surface area contributed by atoms with Crippen LogP contribution in [0.1, 0.15) is 5.56 Å². The molecule has 0 saturated heterocycles. The van der Waals surface area contributed by atoms with Gasteiger partial charge < -0.3 is 4.98 Å². The van der Waals surface area contributed by atoms with Gasteiger partial charge in [-0.05, 0) is 24.3 Å². The van der Waals surface area contributed by atoms with Gasteiger partial charge in [-0.3, -0.25) is 0 Å². The molecule has 3 aromatic rings. The van der Waals surface area contributed by atoms with E-state index in [-0.39, 0.29) is 5.52 Å². The van der Waals surface area contributed by atoms with Crippen LogP contribution in [0, 0.1) is 0 Å². The van der Waals surface area contributed by atoms with Crippen LogP contribution in [-0.2, 0) is 6.18 Å². The van der Waals surface area contributed by atoms with Crippen molar-refractivity contribution in [1.29, 1.82) is 0 Å². The van der Waals surface area contributed by atoms with Crippen molar-refractivity contribution in [1.82, 2.24) is 4.98 Å². The minimum atomic E-state index is -4.37. The lowest BCUT2D eigenvalue weighted by molar-refractivity contribution is -0.136. The Labute approximate surface area is 115 Å². The van der Waals surface area contributed by atoms with Crippen LogP contribution in [0.25, 0.3) is 21.5 Å². The van der Waals surface area contributed by atoms with Crippen molar-refractivity contribution in [2.24, 2.45) is 0 Å². The quantitative estimate of drug-likeness (QED) is 0.605. The largest absolute Gasteiger partial charge is 0.418 e. The maximum atomic E-state index is 12.9. The number of benzene rings is 1. The molecule has 1 nitrogen and oxygen atoms in total. The first-order valence-electron chi connectivity index (χ1n) is 5.40. The van der Waals surface area contributed by atoms with Crippen LogP contribution in [0.15, 0.2) is 36.4 Å². The van der Waals surface area contributed by atoms with E-state index < -0.39 is 11.7 Å². The van der Waals surface area contributed by atoms with Crippen molar-refractivity contribution in [2.75, 3.05) is 0 Å². The van der Waals surface area contributed by atoms with Crippen LogP contribution >= 0.6 is 22.9 Å². The number of para-hydroxylation sites is 1. The number of halogens is 4.